The van der Waals surface area contributed by atoms with E-state index in [1.54, 1.807) is 0 Å². The predicted molar refractivity (Wildman–Crippen MR) is 141 cm³/mol. The molecule has 1 amide bonds. The molecule has 0 aliphatic carbocycles. The molecule has 3 aromatic rings. The molecule has 2 saturated heterocycles. The van der Waals surface area contributed by atoms with E-state index < -0.39 is 30.3 Å². The Morgan fingerprint density at radius 3 is 1.86 bits per heavy atom. The molecule has 2 aliphatic rings. The summed E-state index contributed by atoms with van der Waals surface area (Å²) in [5.41, 5.74) is 3.78. The first kappa shape index (κ1) is 25.4. The van der Waals surface area contributed by atoms with E-state index >= 15 is 0 Å². The monoisotopic (exact) mass is 499 g/mol. The average molecular weight is 500 g/mol. The summed E-state index contributed by atoms with van der Waals surface area (Å²) >= 11 is 0. The first-order chi connectivity index (χ1) is 18.0. The Labute approximate surface area is 218 Å². The van der Waals surface area contributed by atoms with Crippen molar-refractivity contribution < 1.29 is 23.7 Å². The molecule has 3 aromatic carbocycles. The van der Waals surface area contributed by atoms with Gasteiger partial charge in [0.1, 0.15) is 17.8 Å². The molecule has 1 unspecified atom stereocenters. The van der Waals surface area contributed by atoms with Gasteiger partial charge in [0.25, 0.3) is 5.91 Å². The number of amides is 1. The van der Waals surface area contributed by atoms with Gasteiger partial charge in [0.15, 0.2) is 12.5 Å². The molecule has 5 rings (SSSR count). The molecule has 0 saturated carbocycles. The highest BCUT2D eigenvalue weighted by Gasteiger charge is 2.43. The van der Waals surface area contributed by atoms with Crippen LogP contribution in [0, 0.1) is 0 Å². The van der Waals surface area contributed by atoms with Gasteiger partial charge >= 0.3 is 0 Å². The normalized spacial score (nSPS) is 23.8. The van der Waals surface area contributed by atoms with Crippen molar-refractivity contribution in [3.8, 4) is 0 Å². The summed E-state index contributed by atoms with van der Waals surface area (Å²) in [7, 11) is 0. The minimum Gasteiger partial charge on any atom is -0.358 e. The lowest BCUT2D eigenvalue weighted by atomic mass is 9.80. The number of hydrogen-bond donors (Lipinski definition) is 1. The second-order valence-electron chi connectivity index (χ2n) is 9.61. The summed E-state index contributed by atoms with van der Waals surface area (Å²) in [5.74, 6) is -0.0972. The van der Waals surface area contributed by atoms with Crippen LogP contribution in [0.25, 0.3) is 0 Å². The lowest BCUT2D eigenvalue weighted by Crippen LogP contribution is -2.58. The van der Waals surface area contributed by atoms with E-state index in [-0.39, 0.29) is 12.5 Å². The van der Waals surface area contributed by atoms with E-state index in [1.165, 1.54) is 0 Å². The third-order valence-corrected chi connectivity index (χ3v) is 6.90. The van der Waals surface area contributed by atoms with E-state index in [1.807, 2.05) is 75.4 Å². The zero-order valence-electron chi connectivity index (χ0n) is 21.4. The molecule has 1 N–H and O–H groups in total. The van der Waals surface area contributed by atoms with Gasteiger partial charge in [-0.05, 0) is 37.5 Å². The zero-order valence-corrected chi connectivity index (χ0v) is 21.4. The van der Waals surface area contributed by atoms with Gasteiger partial charge in [-0.2, -0.15) is 0 Å². The Hall–Kier alpha value is -3.29. The van der Waals surface area contributed by atoms with Crippen LogP contribution in [0.5, 0.6) is 0 Å². The molecule has 6 nitrogen and oxygen atoms in total. The predicted octanol–water partition coefficient (Wildman–Crippen LogP) is 4.93. The quantitative estimate of drug-likeness (QED) is 0.270. The van der Waals surface area contributed by atoms with Crippen LogP contribution in [0.3, 0.4) is 0 Å². The summed E-state index contributed by atoms with van der Waals surface area (Å²) in [6.45, 7) is 6.28. The summed E-state index contributed by atoms with van der Waals surface area (Å²) in [6, 6.07) is 30.7. The highest BCUT2D eigenvalue weighted by molar-refractivity contribution is 6.01. The van der Waals surface area contributed by atoms with Crippen molar-refractivity contribution in [2.75, 3.05) is 13.2 Å². The maximum Gasteiger partial charge on any atom is 0.253 e. The third kappa shape index (κ3) is 5.11. The number of carbonyl (C=O) groups is 1. The molecule has 2 aliphatic heterocycles. The zero-order chi connectivity index (χ0) is 25.8. The lowest BCUT2D eigenvalue weighted by molar-refractivity contribution is -0.275. The van der Waals surface area contributed by atoms with Gasteiger partial charge in [-0.3, -0.25) is 4.79 Å². The molecule has 2 fully saturated rings. The van der Waals surface area contributed by atoms with E-state index in [0.29, 0.717) is 12.2 Å². The number of ether oxygens (including phenoxy) is 4. The number of nitrogens with one attached hydrogen (secondary N) is 1. The molecule has 0 aromatic heterocycles. The first-order valence-corrected chi connectivity index (χ1v) is 12.7. The van der Waals surface area contributed by atoms with Crippen LogP contribution in [0.1, 0.15) is 37.5 Å². The van der Waals surface area contributed by atoms with Crippen molar-refractivity contribution in [3.05, 3.63) is 119 Å². The molecular weight excluding hydrogens is 466 g/mol. The van der Waals surface area contributed by atoms with Crippen molar-refractivity contribution in [3.63, 3.8) is 0 Å². The van der Waals surface area contributed by atoms with E-state index in [9.17, 15) is 4.79 Å². The highest BCUT2D eigenvalue weighted by Crippen LogP contribution is 2.41. The van der Waals surface area contributed by atoms with Crippen molar-refractivity contribution in [2.45, 2.75) is 51.1 Å². The number of rotatable bonds is 8. The van der Waals surface area contributed by atoms with E-state index in [2.05, 4.69) is 41.7 Å². The number of hydrogen-bond acceptors (Lipinski definition) is 5. The summed E-state index contributed by atoms with van der Waals surface area (Å²) in [5, 5.41) is 2.83. The molecular formula is C31H33NO5. The highest BCUT2D eigenvalue weighted by atomic mass is 16.7. The number of allylic oxidation sites excluding steroid dienone is 1. The maximum absolute atomic E-state index is 12.0. The Bertz CT molecular complexity index is 1130. The molecule has 4 atom stereocenters. The van der Waals surface area contributed by atoms with Gasteiger partial charge in [0.2, 0.25) is 0 Å². The van der Waals surface area contributed by atoms with Crippen LogP contribution in [-0.2, 0) is 29.3 Å². The fourth-order valence-corrected chi connectivity index (χ4v) is 5.04. The molecule has 6 heteroatoms. The van der Waals surface area contributed by atoms with Crippen molar-refractivity contribution >= 4 is 5.91 Å². The Balaban J connectivity index is 1.49. The molecule has 0 radical (unpaired) electrons. The Kier molecular flexibility index (Phi) is 7.53. The fraction of sp³-hybridized carbons (Fsp3) is 0.323. The largest absolute Gasteiger partial charge is 0.358 e. The molecule has 0 bridgehead atoms. The fourth-order valence-electron chi connectivity index (χ4n) is 5.04. The Morgan fingerprint density at radius 2 is 1.41 bits per heavy atom. The summed E-state index contributed by atoms with van der Waals surface area (Å²) < 4.78 is 25.2. The molecule has 0 spiro atoms. The topological polar surface area (TPSA) is 66.0 Å². The van der Waals surface area contributed by atoms with Crippen molar-refractivity contribution in [1.29, 1.82) is 0 Å². The van der Waals surface area contributed by atoms with Crippen LogP contribution in [-0.4, -0.2) is 43.8 Å². The second-order valence-corrected chi connectivity index (χ2v) is 9.61. The van der Waals surface area contributed by atoms with Crippen LogP contribution in [0.2, 0.25) is 0 Å². The Morgan fingerprint density at radius 1 is 0.892 bits per heavy atom. The van der Waals surface area contributed by atoms with Crippen molar-refractivity contribution in [2.24, 2.45) is 0 Å². The number of benzene rings is 3. The van der Waals surface area contributed by atoms with Crippen LogP contribution in [0.4, 0.5) is 0 Å². The van der Waals surface area contributed by atoms with Crippen LogP contribution in [0.15, 0.2) is 102 Å². The van der Waals surface area contributed by atoms with Gasteiger partial charge in [-0.25, -0.2) is 0 Å². The average Bonchev–Trinajstić information content (AvgIpc) is 2.91. The summed E-state index contributed by atoms with van der Waals surface area (Å²) in [4.78, 5) is 12.0. The summed E-state index contributed by atoms with van der Waals surface area (Å²) in [6.07, 6.45) is -1.70. The minimum atomic E-state index is -0.866. The van der Waals surface area contributed by atoms with Crippen LogP contribution < -0.4 is 5.32 Å². The third-order valence-electron chi connectivity index (χ3n) is 6.90. The van der Waals surface area contributed by atoms with Gasteiger partial charge in [0, 0.05) is 0 Å². The van der Waals surface area contributed by atoms with Gasteiger partial charge in [-0.15, -0.1) is 0 Å². The van der Waals surface area contributed by atoms with Crippen molar-refractivity contribution in [1.82, 2.24) is 5.32 Å². The molecule has 37 heavy (non-hydrogen) atoms. The van der Waals surface area contributed by atoms with Gasteiger partial charge in [0.05, 0.1) is 18.8 Å². The smallest absolute Gasteiger partial charge is 0.253 e. The minimum absolute atomic E-state index is 0.0972. The number of carbonyl (C=O) groups excluding carboxylic acids is 1. The van der Waals surface area contributed by atoms with Crippen LogP contribution >= 0.6 is 0 Å². The first-order valence-electron chi connectivity index (χ1n) is 12.7. The van der Waals surface area contributed by atoms with E-state index in [0.717, 1.165) is 22.3 Å². The van der Waals surface area contributed by atoms with Gasteiger partial charge < -0.3 is 24.3 Å². The van der Waals surface area contributed by atoms with E-state index in [4.69, 9.17) is 18.9 Å². The lowest BCUT2D eigenvalue weighted by Gasteiger charge is -2.42. The molecule has 2 heterocycles. The number of β-lactam (4-membered cyclic amide) rings is 1. The maximum atomic E-state index is 12.0. The second kappa shape index (κ2) is 11.0. The van der Waals surface area contributed by atoms with Gasteiger partial charge in [-0.1, -0.05) is 96.6 Å². The standard InChI is InChI=1S/C31H33NO5/c1-21(2)28-29(33)32-30(28)37-26-19-34-22(3)36-27(26)20-35-31(23-13-7-4-8-14-23,24-15-9-5-10-16-24)25-17-11-6-12-18-25/h4-18,22,26-27,30H,19-20H2,1-3H3,(H,32,33)/t22?,26-,27+,30+/m0/s1. The molecule has 192 valence electrons. The SMILES string of the molecule is CC(C)=C1C(=O)N[C@@H]1O[C@H]1COC(C)O[C@@H]1COC(c1ccccc1)(c1ccccc1)c1ccccc1.